The van der Waals surface area contributed by atoms with Crippen LogP contribution in [0.5, 0.6) is 5.75 Å². The number of hydrogen-bond acceptors (Lipinski definition) is 3. The second-order valence-electron chi connectivity index (χ2n) is 8.29. The van der Waals surface area contributed by atoms with E-state index in [0.29, 0.717) is 28.9 Å². The third-order valence-electron chi connectivity index (χ3n) is 5.63. The summed E-state index contributed by atoms with van der Waals surface area (Å²) in [5, 5.41) is 0. The van der Waals surface area contributed by atoms with Crippen LogP contribution < -0.4 is 4.74 Å². The van der Waals surface area contributed by atoms with Crippen LogP contribution in [0.3, 0.4) is 0 Å². The molecule has 0 atom stereocenters. The average molecular weight is 507 g/mol. The van der Waals surface area contributed by atoms with Crippen molar-refractivity contribution in [3.05, 3.63) is 84.3 Å². The third-order valence-corrected chi connectivity index (χ3v) is 5.63. The molecular formula is C25H16F7N3O. The first kappa shape index (κ1) is 23.8. The summed E-state index contributed by atoms with van der Waals surface area (Å²) in [4.78, 5) is 8.04. The summed E-state index contributed by atoms with van der Waals surface area (Å²) >= 11 is 0. The standard InChI is InChI=1S/C25H16F7N3O/c26-17-1-4-20(23(10-17)36-18-2-3-18)19-5-6-33-12-22(19)35-13-34-11-21(35)14-7-15(24(27,28)29)9-16(8-14)25(30,31)32/h1,4-13,18H,2-3H2. The summed E-state index contributed by atoms with van der Waals surface area (Å²) in [5.41, 5.74) is -1.97. The highest BCUT2D eigenvalue weighted by Gasteiger charge is 2.37. The van der Waals surface area contributed by atoms with Crippen LogP contribution in [-0.4, -0.2) is 20.6 Å². The van der Waals surface area contributed by atoms with E-state index in [4.69, 9.17) is 4.74 Å². The third kappa shape index (κ3) is 4.77. The van der Waals surface area contributed by atoms with Crippen molar-refractivity contribution in [3.8, 4) is 33.8 Å². The molecule has 0 unspecified atom stereocenters. The number of hydrogen-bond donors (Lipinski definition) is 0. The summed E-state index contributed by atoms with van der Waals surface area (Å²) in [6.07, 6.45) is -3.12. The Hall–Kier alpha value is -3.89. The van der Waals surface area contributed by atoms with Gasteiger partial charge in [-0.05, 0) is 49.2 Å². The fourth-order valence-corrected chi connectivity index (χ4v) is 3.79. The molecule has 5 rings (SSSR count). The van der Waals surface area contributed by atoms with Crippen molar-refractivity contribution in [2.75, 3.05) is 0 Å². The van der Waals surface area contributed by atoms with E-state index >= 15 is 0 Å². The average Bonchev–Trinajstić information content (AvgIpc) is 3.49. The molecule has 0 saturated heterocycles. The molecule has 36 heavy (non-hydrogen) atoms. The van der Waals surface area contributed by atoms with Gasteiger partial charge < -0.3 is 4.74 Å². The summed E-state index contributed by atoms with van der Waals surface area (Å²) in [6, 6.07) is 6.90. The minimum absolute atomic E-state index is 0.0207. The second-order valence-corrected chi connectivity index (χ2v) is 8.29. The van der Waals surface area contributed by atoms with Crippen molar-refractivity contribution < 1.29 is 35.5 Å². The summed E-state index contributed by atoms with van der Waals surface area (Å²) < 4.78 is 102. The number of ether oxygens (including phenoxy) is 1. The zero-order valence-corrected chi connectivity index (χ0v) is 18.2. The number of pyridine rings is 1. The maximum Gasteiger partial charge on any atom is 0.416 e. The van der Waals surface area contributed by atoms with E-state index in [2.05, 4.69) is 9.97 Å². The maximum absolute atomic E-state index is 14.0. The molecule has 186 valence electrons. The van der Waals surface area contributed by atoms with Gasteiger partial charge in [-0.15, -0.1) is 0 Å². The minimum Gasteiger partial charge on any atom is -0.490 e. The van der Waals surface area contributed by atoms with Gasteiger partial charge in [0.2, 0.25) is 0 Å². The highest BCUT2D eigenvalue weighted by atomic mass is 19.4. The highest BCUT2D eigenvalue weighted by Crippen LogP contribution is 2.41. The van der Waals surface area contributed by atoms with E-state index < -0.39 is 29.3 Å². The Morgan fingerprint density at radius 3 is 2.14 bits per heavy atom. The largest absolute Gasteiger partial charge is 0.490 e. The molecule has 0 aliphatic heterocycles. The molecule has 2 heterocycles. The number of aromatic nitrogens is 3. The lowest BCUT2D eigenvalue weighted by Gasteiger charge is -2.18. The Kier molecular flexibility index (Phi) is 5.73. The lowest BCUT2D eigenvalue weighted by molar-refractivity contribution is -0.143. The number of rotatable bonds is 5. The quantitative estimate of drug-likeness (QED) is 0.266. The highest BCUT2D eigenvalue weighted by molar-refractivity contribution is 5.79. The molecular weight excluding hydrogens is 491 g/mol. The van der Waals surface area contributed by atoms with Gasteiger partial charge >= 0.3 is 12.4 Å². The van der Waals surface area contributed by atoms with Crippen molar-refractivity contribution in [2.45, 2.75) is 31.3 Å². The van der Waals surface area contributed by atoms with Gasteiger partial charge in [-0.1, -0.05) is 0 Å². The molecule has 4 aromatic rings. The smallest absolute Gasteiger partial charge is 0.416 e. The normalized spacial score (nSPS) is 14.2. The van der Waals surface area contributed by atoms with Gasteiger partial charge in [-0.2, -0.15) is 26.3 Å². The molecule has 1 fully saturated rings. The molecule has 1 aliphatic carbocycles. The first-order valence-electron chi connectivity index (χ1n) is 10.7. The van der Waals surface area contributed by atoms with Crippen LogP contribution >= 0.6 is 0 Å². The van der Waals surface area contributed by atoms with Gasteiger partial charge in [0.1, 0.15) is 11.6 Å². The van der Waals surface area contributed by atoms with Crippen molar-refractivity contribution >= 4 is 0 Å². The predicted octanol–water partition coefficient (Wildman–Crippen LogP) is 7.32. The fraction of sp³-hybridized carbons (Fsp3) is 0.200. The number of nitrogens with zero attached hydrogens (tertiary/aromatic N) is 3. The van der Waals surface area contributed by atoms with Gasteiger partial charge in [0.15, 0.2) is 0 Å². The lowest BCUT2D eigenvalue weighted by atomic mass is 10.0. The van der Waals surface area contributed by atoms with Crippen LogP contribution in [0.25, 0.3) is 28.1 Å². The summed E-state index contributed by atoms with van der Waals surface area (Å²) in [7, 11) is 0. The van der Waals surface area contributed by atoms with Gasteiger partial charge in [0.05, 0.1) is 47.3 Å². The molecule has 1 aliphatic rings. The van der Waals surface area contributed by atoms with Crippen molar-refractivity contribution in [2.24, 2.45) is 0 Å². The van der Waals surface area contributed by atoms with Gasteiger partial charge in [-0.3, -0.25) is 9.55 Å². The summed E-state index contributed by atoms with van der Waals surface area (Å²) in [5.74, 6) is -0.248. The fourth-order valence-electron chi connectivity index (χ4n) is 3.79. The molecule has 1 saturated carbocycles. The van der Waals surface area contributed by atoms with Crippen molar-refractivity contribution in [1.29, 1.82) is 0 Å². The Balaban J connectivity index is 1.67. The monoisotopic (exact) mass is 507 g/mol. The Morgan fingerprint density at radius 2 is 1.50 bits per heavy atom. The molecule has 11 heteroatoms. The first-order valence-corrected chi connectivity index (χ1v) is 10.7. The SMILES string of the molecule is Fc1ccc(-c2ccncc2-n2cncc2-c2cc(C(F)(F)F)cc(C(F)(F)F)c2)c(OC2CC2)c1. The van der Waals surface area contributed by atoms with Crippen molar-refractivity contribution in [3.63, 3.8) is 0 Å². The summed E-state index contributed by atoms with van der Waals surface area (Å²) in [6.45, 7) is 0. The van der Waals surface area contributed by atoms with E-state index in [-0.39, 0.29) is 29.2 Å². The number of alkyl halides is 6. The molecule has 2 aromatic carbocycles. The van der Waals surface area contributed by atoms with E-state index in [1.807, 2.05) is 0 Å². The van der Waals surface area contributed by atoms with Gasteiger partial charge in [-0.25, -0.2) is 9.37 Å². The minimum atomic E-state index is -5.00. The zero-order valence-electron chi connectivity index (χ0n) is 18.2. The Labute approximate surface area is 200 Å². The van der Waals surface area contributed by atoms with Crippen LogP contribution in [-0.2, 0) is 12.4 Å². The van der Waals surface area contributed by atoms with Crippen LogP contribution in [0.1, 0.15) is 24.0 Å². The Morgan fingerprint density at radius 1 is 0.806 bits per heavy atom. The zero-order chi connectivity index (χ0) is 25.7. The molecule has 4 nitrogen and oxygen atoms in total. The maximum atomic E-state index is 14.0. The predicted molar refractivity (Wildman–Crippen MR) is 116 cm³/mol. The molecule has 0 spiro atoms. The van der Waals surface area contributed by atoms with Crippen LogP contribution in [0.4, 0.5) is 30.7 Å². The number of halogens is 7. The first-order chi connectivity index (χ1) is 17.0. The van der Waals surface area contributed by atoms with Crippen LogP contribution in [0.2, 0.25) is 0 Å². The molecule has 0 N–H and O–H groups in total. The van der Waals surface area contributed by atoms with Gasteiger partial charge in [0, 0.05) is 29.0 Å². The topological polar surface area (TPSA) is 39.9 Å². The molecule has 2 aromatic heterocycles. The van der Waals surface area contributed by atoms with Crippen LogP contribution in [0.15, 0.2) is 67.4 Å². The second kappa shape index (κ2) is 8.65. The van der Waals surface area contributed by atoms with E-state index in [0.717, 1.165) is 12.8 Å². The molecule has 0 bridgehead atoms. The van der Waals surface area contributed by atoms with E-state index in [9.17, 15) is 30.7 Å². The lowest BCUT2D eigenvalue weighted by Crippen LogP contribution is -2.11. The van der Waals surface area contributed by atoms with Crippen molar-refractivity contribution in [1.82, 2.24) is 14.5 Å². The molecule has 0 amide bonds. The van der Waals surface area contributed by atoms with Gasteiger partial charge in [0.25, 0.3) is 0 Å². The Bertz CT molecular complexity index is 1390. The van der Waals surface area contributed by atoms with Crippen LogP contribution in [0, 0.1) is 5.82 Å². The number of benzene rings is 2. The van der Waals surface area contributed by atoms with E-state index in [1.54, 1.807) is 6.07 Å². The molecule has 0 radical (unpaired) electrons. The van der Waals surface area contributed by atoms with E-state index in [1.165, 1.54) is 47.7 Å². The number of imidazole rings is 1.